The Morgan fingerprint density at radius 1 is 1.00 bits per heavy atom. The first-order chi connectivity index (χ1) is 17.2. The summed E-state index contributed by atoms with van der Waals surface area (Å²) in [5, 5.41) is 0.131. The molecule has 2 rings (SSSR count). The molecule has 0 bridgehead atoms. The number of hydrogen-bond donors (Lipinski definition) is 0. The van der Waals surface area contributed by atoms with Crippen molar-refractivity contribution in [1.29, 1.82) is 0 Å². The number of carbonyl (C=O) groups excluding carboxylic acids is 1. The largest absolute Gasteiger partial charge is 0.414 e. The van der Waals surface area contributed by atoms with E-state index in [1.807, 2.05) is 19.1 Å². The van der Waals surface area contributed by atoms with E-state index in [2.05, 4.69) is 67.7 Å². The Hall–Kier alpha value is -0.846. The van der Waals surface area contributed by atoms with Crippen molar-refractivity contribution in [1.82, 2.24) is 0 Å². The maximum atomic E-state index is 13.2. The number of aldehydes is 1. The van der Waals surface area contributed by atoms with E-state index in [9.17, 15) is 13.2 Å². The molecule has 0 unspecified atom stereocenters. The van der Waals surface area contributed by atoms with Gasteiger partial charge in [-0.25, -0.2) is 8.42 Å². The van der Waals surface area contributed by atoms with Gasteiger partial charge in [-0.05, 0) is 61.7 Å². The first-order valence-electron chi connectivity index (χ1n) is 13.9. The predicted molar refractivity (Wildman–Crippen MR) is 161 cm³/mol. The second-order valence-corrected chi connectivity index (χ2v) is 25.7. The molecule has 0 N–H and O–H groups in total. The number of carbonyl (C=O) groups is 1. The zero-order valence-electron chi connectivity index (χ0n) is 25.6. The van der Waals surface area contributed by atoms with Crippen LogP contribution >= 0.6 is 0 Å². The van der Waals surface area contributed by atoms with Crippen LogP contribution in [0.3, 0.4) is 0 Å². The van der Waals surface area contributed by atoms with Gasteiger partial charge in [0.25, 0.3) is 0 Å². The number of aryl methyl sites for hydroxylation is 1. The van der Waals surface area contributed by atoms with Crippen molar-refractivity contribution in [2.24, 2.45) is 5.92 Å². The van der Waals surface area contributed by atoms with E-state index in [0.29, 0.717) is 24.3 Å². The van der Waals surface area contributed by atoms with E-state index in [-0.39, 0.29) is 40.4 Å². The van der Waals surface area contributed by atoms with Crippen LogP contribution in [0.2, 0.25) is 36.3 Å². The van der Waals surface area contributed by atoms with Gasteiger partial charge >= 0.3 is 0 Å². The van der Waals surface area contributed by atoms with Crippen molar-refractivity contribution in [2.75, 3.05) is 12.4 Å². The molecule has 0 saturated carbocycles. The summed E-state index contributed by atoms with van der Waals surface area (Å²) in [7, 11) is -7.58. The zero-order valence-corrected chi connectivity index (χ0v) is 28.4. The summed E-state index contributed by atoms with van der Waals surface area (Å²) in [4.78, 5) is 11.8. The summed E-state index contributed by atoms with van der Waals surface area (Å²) in [6, 6.07) is 6.95. The molecule has 1 aliphatic rings. The second-order valence-electron chi connectivity index (χ2n) is 14.1. The van der Waals surface area contributed by atoms with Gasteiger partial charge in [-0.2, -0.15) is 0 Å². The lowest BCUT2D eigenvalue weighted by Crippen LogP contribution is -2.48. The predicted octanol–water partition coefficient (Wildman–Crippen LogP) is 6.93. The van der Waals surface area contributed by atoms with E-state index in [1.165, 1.54) is 0 Å². The fraction of sp³-hybridized carbons (Fsp3) is 0.759. The van der Waals surface area contributed by atoms with Gasteiger partial charge in [0.1, 0.15) is 6.29 Å². The van der Waals surface area contributed by atoms with Crippen LogP contribution in [-0.2, 0) is 28.2 Å². The summed E-state index contributed by atoms with van der Waals surface area (Å²) >= 11 is 0. The monoisotopic (exact) mass is 584 g/mol. The molecule has 1 aromatic carbocycles. The third-order valence-electron chi connectivity index (χ3n) is 8.83. The summed E-state index contributed by atoms with van der Waals surface area (Å²) < 4.78 is 46.2. The molecular weight excluding hydrogens is 533 g/mol. The van der Waals surface area contributed by atoms with Gasteiger partial charge < -0.3 is 18.4 Å². The quantitative estimate of drug-likeness (QED) is 0.196. The second kappa shape index (κ2) is 12.3. The van der Waals surface area contributed by atoms with Crippen LogP contribution in [0.15, 0.2) is 29.2 Å². The standard InChI is InChI=1S/C29H52O6SSi2/c1-22-12-14-26(15-13-22)36(31,32)21-23-18-24(34-27(23)16-17-30)19-25(35-38(10,11)29(5,6)7)20-33-37(8,9)28(2,3)4/h12-15,17,23-25,27H,16,18-21H2,1-11H3/t23-,24-,25-,27-/m0/s1. The van der Waals surface area contributed by atoms with Gasteiger partial charge in [0.2, 0.25) is 0 Å². The van der Waals surface area contributed by atoms with Gasteiger partial charge in [0.15, 0.2) is 26.5 Å². The molecule has 1 aliphatic heterocycles. The third-order valence-corrected chi connectivity index (χ3v) is 19.7. The molecule has 1 aromatic rings. The molecule has 0 aliphatic carbocycles. The van der Waals surface area contributed by atoms with Crippen molar-refractivity contribution < 1.29 is 26.8 Å². The minimum absolute atomic E-state index is 0.0285. The van der Waals surface area contributed by atoms with Crippen molar-refractivity contribution in [3.8, 4) is 0 Å². The third kappa shape index (κ3) is 8.83. The van der Waals surface area contributed by atoms with E-state index >= 15 is 0 Å². The Kier molecular flexibility index (Phi) is 10.8. The minimum atomic E-state index is -3.50. The Morgan fingerprint density at radius 3 is 2.05 bits per heavy atom. The molecule has 4 atom stereocenters. The first kappa shape index (κ1) is 33.4. The lowest BCUT2D eigenvalue weighted by Gasteiger charge is -2.42. The molecule has 38 heavy (non-hydrogen) atoms. The average Bonchev–Trinajstić information content (AvgIpc) is 3.10. The van der Waals surface area contributed by atoms with Crippen LogP contribution in [0, 0.1) is 12.8 Å². The molecule has 0 spiro atoms. The van der Waals surface area contributed by atoms with E-state index in [1.54, 1.807) is 12.1 Å². The van der Waals surface area contributed by atoms with Crippen molar-refractivity contribution in [3.05, 3.63) is 29.8 Å². The van der Waals surface area contributed by atoms with Crippen molar-refractivity contribution in [2.45, 2.75) is 127 Å². The van der Waals surface area contributed by atoms with Crippen LogP contribution in [0.4, 0.5) is 0 Å². The van der Waals surface area contributed by atoms with Crippen LogP contribution in [-0.4, -0.2) is 62.0 Å². The topological polar surface area (TPSA) is 78.9 Å². The maximum Gasteiger partial charge on any atom is 0.192 e. The summed E-state index contributed by atoms with van der Waals surface area (Å²) in [6.45, 7) is 24.8. The lowest BCUT2D eigenvalue weighted by molar-refractivity contribution is -0.110. The highest BCUT2D eigenvalue weighted by molar-refractivity contribution is 7.91. The highest BCUT2D eigenvalue weighted by Crippen LogP contribution is 2.41. The highest BCUT2D eigenvalue weighted by atomic mass is 32.2. The van der Waals surface area contributed by atoms with Gasteiger partial charge in [-0.15, -0.1) is 0 Å². The maximum absolute atomic E-state index is 13.2. The summed E-state index contributed by atoms with van der Waals surface area (Å²) in [5.41, 5.74) is 1.01. The smallest absolute Gasteiger partial charge is 0.192 e. The van der Waals surface area contributed by atoms with Gasteiger partial charge in [0.05, 0.1) is 35.6 Å². The molecule has 0 radical (unpaired) electrons. The Labute approximate surface area is 234 Å². The molecule has 0 amide bonds. The lowest BCUT2D eigenvalue weighted by atomic mass is 9.98. The van der Waals surface area contributed by atoms with Crippen LogP contribution < -0.4 is 0 Å². The fourth-order valence-corrected chi connectivity index (χ4v) is 8.30. The Bertz CT molecular complexity index is 1020. The minimum Gasteiger partial charge on any atom is -0.414 e. The first-order valence-corrected chi connectivity index (χ1v) is 21.4. The number of sulfone groups is 1. The number of rotatable bonds is 12. The molecule has 218 valence electrons. The van der Waals surface area contributed by atoms with E-state index in [0.717, 1.165) is 11.8 Å². The molecule has 0 aromatic heterocycles. The van der Waals surface area contributed by atoms with Crippen molar-refractivity contribution >= 4 is 32.8 Å². The summed E-state index contributed by atoms with van der Waals surface area (Å²) in [6.07, 6.45) is 1.49. The molecule has 1 fully saturated rings. The number of benzene rings is 1. The summed E-state index contributed by atoms with van der Waals surface area (Å²) in [5.74, 6) is -0.273. The number of hydrogen-bond acceptors (Lipinski definition) is 6. The van der Waals surface area contributed by atoms with Gasteiger partial charge in [0, 0.05) is 18.8 Å². The highest BCUT2D eigenvalue weighted by Gasteiger charge is 2.44. The molecule has 1 heterocycles. The molecule has 1 saturated heterocycles. The van der Waals surface area contributed by atoms with Crippen molar-refractivity contribution in [3.63, 3.8) is 0 Å². The molecule has 6 nitrogen and oxygen atoms in total. The normalized spacial score (nSPS) is 22.4. The van der Waals surface area contributed by atoms with Gasteiger partial charge in [-0.3, -0.25) is 0 Å². The fourth-order valence-electron chi connectivity index (χ4n) is 4.25. The van der Waals surface area contributed by atoms with Crippen LogP contribution in [0.5, 0.6) is 0 Å². The Morgan fingerprint density at radius 2 is 1.55 bits per heavy atom. The number of ether oxygens (including phenoxy) is 1. The van der Waals surface area contributed by atoms with E-state index in [4.69, 9.17) is 13.6 Å². The van der Waals surface area contributed by atoms with Gasteiger partial charge in [-0.1, -0.05) is 59.2 Å². The zero-order chi connectivity index (χ0) is 29.2. The van der Waals surface area contributed by atoms with E-state index < -0.39 is 32.6 Å². The SMILES string of the molecule is Cc1ccc(S(=O)(=O)C[C@@H]2C[C@@H](C[C@@H](CO[Si](C)(C)C(C)(C)C)O[Si](C)(C)C(C)(C)C)O[C@H]2CC=O)cc1. The van der Waals surface area contributed by atoms with Crippen LogP contribution in [0.1, 0.15) is 66.4 Å². The molecular formula is C29H52O6SSi2. The molecule has 9 heteroatoms. The Balaban J connectivity index is 2.23. The average molecular weight is 585 g/mol. The van der Waals surface area contributed by atoms with Crippen LogP contribution in [0.25, 0.3) is 0 Å².